The van der Waals surface area contributed by atoms with Gasteiger partial charge in [-0.1, -0.05) is 72.8 Å². The van der Waals surface area contributed by atoms with Crippen LogP contribution in [0.25, 0.3) is 0 Å². The molecule has 1 aliphatic carbocycles. The molecular formula is C30H35Cl2N3O3. The first kappa shape index (κ1) is 28.2. The minimum absolute atomic E-state index is 0.0395. The fraction of sp³-hybridized carbons (Fsp3) is 0.400. The van der Waals surface area contributed by atoms with Crippen LogP contribution < -0.4 is 0 Å². The van der Waals surface area contributed by atoms with Crippen molar-refractivity contribution in [2.75, 3.05) is 26.8 Å². The van der Waals surface area contributed by atoms with E-state index in [1.54, 1.807) is 25.3 Å². The van der Waals surface area contributed by atoms with Crippen molar-refractivity contribution in [2.45, 2.75) is 51.2 Å². The summed E-state index contributed by atoms with van der Waals surface area (Å²) >= 11 is 12.3. The van der Waals surface area contributed by atoms with Gasteiger partial charge in [0.25, 0.3) is 5.91 Å². The molecule has 0 radical (unpaired) electrons. The molecule has 0 spiro atoms. The third-order valence-electron chi connectivity index (χ3n) is 7.08. The standard InChI is InChI=1S/C30H35Cl2N3O3/c1-38-16-15-34(30(37)24-17-25(31)19-26(32)18-24)22-29(36)35(27-11-6-3-7-12-27)21-28-13-8-14-33(28)20-23-9-4-2-5-10-23/h2,4-5,8-10,13-14,17-19,27H,3,6-7,11-12,15-16,20-22H2,1H3. The van der Waals surface area contributed by atoms with Crippen molar-refractivity contribution < 1.29 is 14.3 Å². The molecule has 0 bridgehead atoms. The van der Waals surface area contributed by atoms with Crippen LogP contribution in [0.5, 0.6) is 0 Å². The molecule has 2 amide bonds. The van der Waals surface area contributed by atoms with E-state index in [4.69, 9.17) is 27.9 Å². The average Bonchev–Trinajstić information content (AvgIpc) is 3.36. The minimum atomic E-state index is -0.296. The monoisotopic (exact) mass is 555 g/mol. The zero-order chi connectivity index (χ0) is 26.9. The fourth-order valence-electron chi connectivity index (χ4n) is 5.08. The van der Waals surface area contributed by atoms with E-state index in [-0.39, 0.29) is 30.9 Å². The van der Waals surface area contributed by atoms with Gasteiger partial charge >= 0.3 is 0 Å². The number of carbonyl (C=O) groups is 2. The van der Waals surface area contributed by atoms with Crippen LogP contribution in [0.2, 0.25) is 10.0 Å². The van der Waals surface area contributed by atoms with Gasteiger partial charge in [-0.3, -0.25) is 9.59 Å². The summed E-state index contributed by atoms with van der Waals surface area (Å²) in [6.07, 6.45) is 7.40. The number of hydrogen-bond donors (Lipinski definition) is 0. The van der Waals surface area contributed by atoms with Gasteiger partial charge in [0.05, 0.1) is 13.2 Å². The van der Waals surface area contributed by atoms with Gasteiger partial charge < -0.3 is 19.1 Å². The molecule has 0 atom stereocenters. The van der Waals surface area contributed by atoms with E-state index in [1.807, 2.05) is 29.2 Å². The molecular weight excluding hydrogens is 521 g/mol. The SMILES string of the molecule is COCCN(CC(=O)N(Cc1cccn1Cc1ccccc1)C1CCCCC1)C(=O)c1cc(Cl)cc(Cl)c1. The summed E-state index contributed by atoms with van der Waals surface area (Å²) in [5.74, 6) is -0.363. The Bertz CT molecular complexity index is 1190. The maximum atomic E-state index is 13.9. The molecule has 3 aromatic rings. The Hall–Kier alpha value is -2.80. The molecule has 202 valence electrons. The van der Waals surface area contributed by atoms with E-state index >= 15 is 0 Å². The third kappa shape index (κ3) is 7.62. The van der Waals surface area contributed by atoms with E-state index in [0.717, 1.165) is 37.9 Å². The highest BCUT2D eigenvalue weighted by Crippen LogP contribution is 2.26. The fourth-order valence-corrected chi connectivity index (χ4v) is 5.61. The molecule has 4 rings (SSSR count). The maximum Gasteiger partial charge on any atom is 0.254 e. The summed E-state index contributed by atoms with van der Waals surface area (Å²) < 4.78 is 7.44. The number of nitrogens with zero attached hydrogens (tertiary/aromatic N) is 3. The number of ether oxygens (including phenoxy) is 1. The summed E-state index contributed by atoms with van der Waals surface area (Å²) in [5.41, 5.74) is 2.63. The molecule has 0 saturated heterocycles. The second-order valence-electron chi connectivity index (χ2n) is 9.80. The van der Waals surface area contributed by atoms with Crippen LogP contribution >= 0.6 is 23.2 Å². The highest BCUT2D eigenvalue weighted by molar-refractivity contribution is 6.35. The van der Waals surface area contributed by atoms with E-state index in [9.17, 15) is 9.59 Å². The number of rotatable bonds is 11. The normalized spacial score (nSPS) is 13.9. The number of halogens is 2. The van der Waals surface area contributed by atoms with Crippen molar-refractivity contribution in [3.63, 3.8) is 0 Å². The molecule has 6 nitrogen and oxygen atoms in total. The van der Waals surface area contributed by atoms with Gasteiger partial charge in [-0.05, 0) is 48.7 Å². The van der Waals surface area contributed by atoms with Crippen LogP contribution in [0.1, 0.15) is 53.7 Å². The van der Waals surface area contributed by atoms with Crippen LogP contribution in [0.3, 0.4) is 0 Å². The molecule has 1 fully saturated rings. The van der Waals surface area contributed by atoms with Crippen LogP contribution in [0, 0.1) is 0 Å². The van der Waals surface area contributed by atoms with Gasteiger partial charge in [0.1, 0.15) is 6.54 Å². The smallest absolute Gasteiger partial charge is 0.254 e. The molecule has 1 saturated carbocycles. The largest absolute Gasteiger partial charge is 0.383 e. The van der Waals surface area contributed by atoms with Crippen molar-refractivity contribution in [1.29, 1.82) is 0 Å². The lowest BCUT2D eigenvalue weighted by Gasteiger charge is -2.36. The average molecular weight is 557 g/mol. The molecule has 0 unspecified atom stereocenters. The first-order valence-electron chi connectivity index (χ1n) is 13.2. The molecule has 1 aliphatic rings. The first-order valence-corrected chi connectivity index (χ1v) is 13.9. The lowest BCUT2D eigenvalue weighted by Crippen LogP contribution is -2.48. The zero-order valence-electron chi connectivity index (χ0n) is 21.8. The Morgan fingerprint density at radius 1 is 0.974 bits per heavy atom. The number of methoxy groups -OCH3 is 1. The van der Waals surface area contributed by atoms with Gasteiger partial charge in [-0.15, -0.1) is 0 Å². The minimum Gasteiger partial charge on any atom is -0.383 e. The van der Waals surface area contributed by atoms with Crippen LogP contribution in [-0.4, -0.2) is 59.0 Å². The van der Waals surface area contributed by atoms with Crippen LogP contribution in [0.4, 0.5) is 0 Å². The summed E-state index contributed by atoms with van der Waals surface area (Å²) in [6.45, 7) is 1.80. The summed E-state index contributed by atoms with van der Waals surface area (Å²) in [6, 6.07) is 19.3. The van der Waals surface area contributed by atoms with E-state index in [1.165, 1.54) is 16.9 Å². The zero-order valence-corrected chi connectivity index (χ0v) is 23.3. The Balaban J connectivity index is 1.55. The van der Waals surface area contributed by atoms with Crippen molar-refractivity contribution >= 4 is 35.0 Å². The van der Waals surface area contributed by atoms with Gasteiger partial charge in [0.15, 0.2) is 0 Å². The highest BCUT2D eigenvalue weighted by Gasteiger charge is 2.29. The summed E-state index contributed by atoms with van der Waals surface area (Å²) in [5, 5.41) is 0.753. The highest BCUT2D eigenvalue weighted by atomic mass is 35.5. The molecule has 0 aliphatic heterocycles. The van der Waals surface area contributed by atoms with Crippen molar-refractivity contribution in [2.24, 2.45) is 0 Å². The molecule has 2 aromatic carbocycles. The van der Waals surface area contributed by atoms with Crippen molar-refractivity contribution in [3.8, 4) is 0 Å². The van der Waals surface area contributed by atoms with E-state index < -0.39 is 0 Å². The Kier molecular flexibility index (Phi) is 10.3. The lowest BCUT2D eigenvalue weighted by atomic mass is 9.94. The van der Waals surface area contributed by atoms with Gasteiger partial charge in [0, 0.05) is 53.7 Å². The number of hydrogen-bond acceptors (Lipinski definition) is 3. The first-order chi connectivity index (χ1) is 18.4. The molecule has 8 heteroatoms. The molecule has 0 N–H and O–H groups in total. The summed E-state index contributed by atoms with van der Waals surface area (Å²) in [7, 11) is 1.58. The number of amides is 2. The van der Waals surface area contributed by atoms with Gasteiger partial charge in [-0.2, -0.15) is 0 Å². The molecule has 1 aromatic heterocycles. The van der Waals surface area contributed by atoms with Crippen LogP contribution in [0.15, 0.2) is 66.9 Å². The maximum absolute atomic E-state index is 13.9. The van der Waals surface area contributed by atoms with Gasteiger partial charge in [-0.25, -0.2) is 0 Å². The quantitative estimate of drug-likeness (QED) is 0.279. The second kappa shape index (κ2) is 13.8. The molecule has 38 heavy (non-hydrogen) atoms. The second-order valence-corrected chi connectivity index (χ2v) is 10.7. The topological polar surface area (TPSA) is 54.8 Å². The molecule has 1 heterocycles. The summed E-state index contributed by atoms with van der Waals surface area (Å²) in [4.78, 5) is 30.9. The Labute approximate surface area is 235 Å². The Morgan fingerprint density at radius 3 is 2.37 bits per heavy atom. The lowest BCUT2D eigenvalue weighted by molar-refractivity contribution is -0.135. The van der Waals surface area contributed by atoms with E-state index in [2.05, 4.69) is 29.0 Å². The predicted molar refractivity (Wildman–Crippen MR) is 152 cm³/mol. The van der Waals surface area contributed by atoms with Crippen molar-refractivity contribution in [3.05, 3.63) is 93.7 Å². The van der Waals surface area contributed by atoms with Gasteiger partial charge in [0.2, 0.25) is 5.91 Å². The number of aromatic nitrogens is 1. The van der Waals surface area contributed by atoms with E-state index in [0.29, 0.717) is 28.8 Å². The Morgan fingerprint density at radius 2 is 1.68 bits per heavy atom. The third-order valence-corrected chi connectivity index (χ3v) is 7.51. The number of carbonyl (C=O) groups excluding carboxylic acids is 2. The number of benzene rings is 2. The van der Waals surface area contributed by atoms with Crippen LogP contribution in [-0.2, 0) is 22.6 Å². The predicted octanol–water partition coefficient (Wildman–Crippen LogP) is 6.29. The van der Waals surface area contributed by atoms with Crippen molar-refractivity contribution in [1.82, 2.24) is 14.4 Å².